The number of imide groups is 1. The summed E-state index contributed by atoms with van der Waals surface area (Å²) in [6, 6.07) is 0. The number of rotatable bonds is 0. The Hall–Kier alpha value is -0.494. The van der Waals surface area contributed by atoms with E-state index in [0.29, 0.717) is 0 Å². The first-order valence-corrected chi connectivity index (χ1v) is 1.36. The molecule has 44 valence electrons. The van der Waals surface area contributed by atoms with E-state index < -0.39 is 12.2 Å². The van der Waals surface area contributed by atoms with E-state index in [-0.39, 0.29) is 25.9 Å². The summed E-state index contributed by atoms with van der Waals surface area (Å²) >= 11 is 0. The van der Waals surface area contributed by atoms with Crippen molar-refractivity contribution in [2.75, 3.05) is 0 Å². The molecule has 0 heterocycles. The first-order valence-electron chi connectivity index (χ1n) is 1.36. The maximum Gasteiger partial charge on any atom is 2.00 e. The molecule has 5 nitrogen and oxygen atoms in total. The van der Waals surface area contributed by atoms with Crippen LogP contribution in [0.4, 0.5) is 9.59 Å². The summed E-state index contributed by atoms with van der Waals surface area (Å²) in [6.07, 6.45) is -3.12. The maximum absolute atomic E-state index is 9.32. The number of nitrogens with one attached hydrogen (secondary N) is 1. The third-order valence-electron chi connectivity index (χ3n) is 0.214. The zero-order chi connectivity index (χ0) is 5.86. The summed E-state index contributed by atoms with van der Waals surface area (Å²) < 4.78 is 0. The molecule has 0 aliphatic rings. The normalized spacial score (nSPS) is 6.50. The van der Waals surface area contributed by atoms with Gasteiger partial charge in [0.1, 0.15) is 0 Å². The largest absolute Gasteiger partial charge is 2.00 e. The molecule has 0 aromatic heterocycles. The molecule has 0 spiro atoms. The Labute approximate surface area is 63.8 Å². The molecule has 0 aliphatic carbocycles. The van der Waals surface area contributed by atoms with Gasteiger partial charge in [-0.05, 0) is 0 Å². The van der Waals surface area contributed by atoms with E-state index in [9.17, 15) is 9.59 Å². The van der Waals surface area contributed by atoms with E-state index in [4.69, 9.17) is 10.2 Å². The molecule has 0 aromatic rings. The second-order valence-electron chi connectivity index (χ2n) is 0.735. The minimum Gasteiger partial charge on any atom is -1.00 e. The Morgan fingerprint density at radius 2 is 1.50 bits per heavy atom. The second-order valence-corrected chi connectivity index (χ2v) is 0.735. The topological polar surface area (TPSA) is 86.6 Å². The van der Waals surface area contributed by atoms with E-state index in [2.05, 4.69) is 0 Å². The molecule has 2 amide bonds. The van der Waals surface area contributed by atoms with Crippen molar-refractivity contribution in [2.45, 2.75) is 0 Å². The van der Waals surface area contributed by atoms with E-state index in [1.807, 2.05) is 0 Å². The number of carboxylic acid groups (broad SMARTS) is 2. The molecule has 0 aliphatic heterocycles. The maximum atomic E-state index is 9.32. The van der Waals surface area contributed by atoms with Crippen LogP contribution < -0.4 is 5.32 Å². The van der Waals surface area contributed by atoms with Crippen molar-refractivity contribution in [3.8, 4) is 0 Å². The zero-order valence-electron chi connectivity index (χ0n) is 5.92. The molecule has 0 saturated heterocycles. The minimum absolute atomic E-state index is 0. The molecule has 0 unspecified atom stereocenters. The molecule has 0 atom stereocenters. The van der Waals surface area contributed by atoms with Crippen LogP contribution >= 0.6 is 0 Å². The smallest absolute Gasteiger partial charge is 1.00 e. The van der Waals surface area contributed by atoms with Gasteiger partial charge in [-0.25, -0.2) is 14.9 Å². The van der Waals surface area contributed by atoms with Crippen LogP contribution in [0, 0.1) is 0 Å². The zero-order valence-corrected chi connectivity index (χ0v) is 5.33. The van der Waals surface area contributed by atoms with Crippen LogP contribution in [0.25, 0.3) is 0 Å². The summed E-state index contributed by atoms with van der Waals surface area (Å²) in [5, 5.41) is 16.3. The van der Waals surface area contributed by atoms with Crippen molar-refractivity contribution in [3.63, 3.8) is 0 Å². The van der Waals surface area contributed by atoms with Crippen LogP contribution in [-0.4, -0.2) is 45.5 Å². The van der Waals surface area contributed by atoms with Gasteiger partial charge in [0, 0.05) is 0 Å². The van der Waals surface area contributed by atoms with Gasteiger partial charge < -0.3 is 13.1 Å². The predicted octanol–water partition coefficient (Wildman–Crippen LogP) is -0.224. The van der Waals surface area contributed by atoms with Crippen LogP contribution in [0.2, 0.25) is 0 Å². The number of amides is 2. The van der Waals surface area contributed by atoms with Gasteiger partial charge >= 0.3 is 35.2 Å². The fourth-order valence-corrected chi connectivity index (χ4v) is 0.0915. The summed E-state index contributed by atoms with van der Waals surface area (Å²) in [5.74, 6) is 0. The first-order chi connectivity index (χ1) is 3.13. The second kappa shape index (κ2) is 4.66. The van der Waals surface area contributed by atoms with Crippen LogP contribution in [0.1, 0.15) is 2.85 Å². The molecule has 8 heavy (non-hydrogen) atoms. The molecular weight excluding hydrogens is 126 g/mol. The molecular formula is C2H5MgNO4. The van der Waals surface area contributed by atoms with Crippen LogP contribution in [0.3, 0.4) is 0 Å². The summed E-state index contributed by atoms with van der Waals surface area (Å²) in [4.78, 5) is 18.6. The van der Waals surface area contributed by atoms with Gasteiger partial charge in [0.05, 0.1) is 0 Å². The molecule has 0 rings (SSSR count). The van der Waals surface area contributed by atoms with E-state index in [1.54, 1.807) is 0 Å². The molecule has 0 fully saturated rings. The van der Waals surface area contributed by atoms with Crippen LogP contribution in [0.15, 0.2) is 0 Å². The fraction of sp³-hybridized carbons (Fsp3) is 0. The average molecular weight is 131 g/mol. The van der Waals surface area contributed by atoms with Gasteiger partial charge in [-0.2, -0.15) is 0 Å². The van der Waals surface area contributed by atoms with Crippen molar-refractivity contribution >= 4 is 35.2 Å². The van der Waals surface area contributed by atoms with Gasteiger partial charge in [0.15, 0.2) is 0 Å². The van der Waals surface area contributed by atoms with Crippen molar-refractivity contribution in [3.05, 3.63) is 0 Å². The van der Waals surface area contributed by atoms with Crippen molar-refractivity contribution in [1.29, 1.82) is 0 Å². The summed E-state index contributed by atoms with van der Waals surface area (Å²) in [5.41, 5.74) is 0. The molecule has 0 saturated carbocycles. The SMILES string of the molecule is O=C(O)NC(=O)O.[H-].[H-].[Mg+2]. The van der Waals surface area contributed by atoms with Gasteiger partial charge in [-0.1, -0.05) is 0 Å². The van der Waals surface area contributed by atoms with Gasteiger partial charge in [0.2, 0.25) is 0 Å². The van der Waals surface area contributed by atoms with Crippen molar-refractivity contribution in [1.82, 2.24) is 5.32 Å². The van der Waals surface area contributed by atoms with Gasteiger partial charge in [-0.15, -0.1) is 0 Å². The van der Waals surface area contributed by atoms with E-state index in [0.717, 1.165) is 5.32 Å². The summed E-state index contributed by atoms with van der Waals surface area (Å²) in [6.45, 7) is 0. The molecule has 0 aromatic carbocycles. The number of hydrogen-bond donors (Lipinski definition) is 3. The van der Waals surface area contributed by atoms with Gasteiger partial charge in [0.25, 0.3) is 0 Å². The molecule has 3 N–H and O–H groups in total. The average Bonchev–Trinajstić information content (AvgIpc) is 1.27. The first kappa shape index (κ1) is 10.5. The van der Waals surface area contributed by atoms with Crippen molar-refractivity contribution in [2.24, 2.45) is 0 Å². The third kappa shape index (κ3) is 9.09. The molecule has 6 heteroatoms. The fourth-order valence-electron chi connectivity index (χ4n) is 0.0915. The Kier molecular flexibility index (Phi) is 6.10. The summed E-state index contributed by atoms with van der Waals surface area (Å²) in [7, 11) is 0. The van der Waals surface area contributed by atoms with Crippen LogP contribution in [0.5, 0.6) is 0 Å². The van der Waals surface area contributed by atoms with Crippen LogP contribution in [-0.2, 0) is 0 Å². The van der Waals surface area contributed by atoms with E-state index in [1.165, 1.54) is 0 Å². The Bertz CT molecular complexity index is 97.4. The molecule has 0 bridgehead atoms. The third-order valence-corrected chi connectivity index (χ3v) is 0.214. The van der Waals surface area contributed by atoms with Crippen molar-refractivity contribution < 1.29 is 22.7 Å². The number of carbonyl (C=O) groups is 2. The van der Waals surface area contributed by atoms with Gasteiger partial charge in [-0.3, -0.25) is 0 Å². The quantitative estimate of drug-likeness (QED) is 0.397. The number of hydrogen-bond acceptors (Lipinski definition) is 2. The standard InChI is InChI=1S/C2H3NO4.Mg.2H/c4-1(5)3-2(6)7;;;/h3H,(H,4,5)(H,6,7);;;/q;+2;2*-1. The monoisotopic (exact) mass is 131 g/mol. The molecule has 0 radical (unpaired) electrons. The Balaban J connectivity index is -0.0000000600. The minimum atomic E-state index is -1.56. The predicted molar refractivity (Wildman–Crippen MR) is 27.2 cm³/mol. The van der Waals surface area contributed by atoms with E-state index >= 15 is 0 Å². The Morgan fingerprint density at radius 1 is 1.25 bits per heavy atom. The Morgan fingerprint density at radius 3 is 1.50 bits per heavy atom.